The lowest BCUT2D eigenvalue weighted by molar-refractivity contribution is -0.309. The number of carboxylic acid groups (broad SMARTS) is 1. The van der Waals surface area contributed by atoms with Gasteiger partial charge in [-0.05, 0) is 59.8 Å². The maximum absolute atomic E-state index is 11.9. The van der Waals surface area contributed by atoms with Gasteiger partial charge in [0.2, 0.25) is 0 Å². The number of aliphatic hydroxyl groups excluding tert-OH is 1. The SMILES string of the molecule is CC(C)=CCC/C(C)=C/COP(=O)(O)OP(=O)(O)OCCCCC(O)CC(C)(O)CC(=O)[O-]. The van der Waals surface area contributed by atoms with E-state index in [1.807, 2.05) is 20.8 Å². The molecule has 0 aromatic rings. The van der Waals surface area contributed by atoms with Crippen LogP contribution in [0.25, 0.3) is 0 Å². The van der Waals surface area contributed by atoms with E-state index in [9.17, 15) is 39.0 Å². The Bertz CT molecular complexity index is 757. The second kappa shape index (κ2) is 15.2. The van der Waals surface area contributed by atoms with Crippen molar-refractivity contribution in [2.45, 2.75) is 84.3 Å². The molecule has 0 aromatic heterocycles. The predicted molar refractivity (Wildman–Crippen MR) is 120 cm³/mol. The topological polar surface area (TPSA) is 183 Å². The summed E-state index contributed by atoms with van der Waals surface area (Å²) in [5, 5.41) is 30.3. The summed E-state index contributed by atoms with van der Waals surface area (Å²) in [5.41, 5.74) is 0.480. The standard InChI is InChI=1S/C20H38O11P2/c1-16(2)8-7-9-17(3)11-13-30-33(27,28)31-32(25,26)29-12-6-5-10-18(21)14-20(4,24)15-19(22)23/h8,11,18,21,24H,5-7,9-10,12-15H2,1-4H3,(H,22,23)(H,25,26)(H,27,28)/p-1/b17-11+. The van der Waals surface area contributed by atoms with Crippen molar-refractivity contribution in [3.63, 3.8) is 0 Å². The monoisotopic (exact) mass is 515 g/mol. The van der Waals surface area contributed by atoms with Crippen molar-refractivity contribution >= 4 is 21.6 Å². The van der Waals surface area contributed by atoms with Crippen LogP contribution in [0.5, 0.6) is 0 Å². The molecule has 0 amide bonds. The van der Waals surface area contributed by atoms with Crippen LogP contribution < -0.4 is 5.11 Å². The molecule has 0 aliphatic carbocycles. The van der Waals surface area contributed by atoms with E-state index in [0.717, 1.165) is 18.4 Å². The first kappa shape index (κ1) is 32.1. The van der Waals surface area contributed by atoms with Gasteiger partial charge in [0.05, 0.1) is 24.9 Å². The van der Waals surface area contributed by atoms with Gasteiger partial charge in [-0.2, -0.15) is 4.31 Å². The Morgan fingerprint density at radius 2 is 1.70 bits per heavy atom. The van der Waals surface area contributed by atoms with Gasteiger partial charge in [-0.3, -0.25) is 9.05 Å². The van der Waals surface area contributed by atoms with Crippen molar-refractivity contribution in [1.82, 2.24) is 0 Å². The van der Waals surface area contributed by atoms with Crippen LogP contribution in [-0.2, 0) is 27.3 Å². The molecule has 0 fully saturated rings. The summed E-state index contributed by atoms with van der Waals surface area (Å²) in [7, 11) is -9.70. The van der Waals surface area contributed by atoms with Crippen LogP contribution in [0, 0.1) is 0 Å². The van der Waals surface area contributed by atoms with Crippen molar-refractivity contribution in [2.75, 3.05) is 13.2 Å². The Kier molecular flexibility index (Phi) is 14.8. The van der Waals surface area contributed by atoms with Crippen LogP contribution in [0.2, 0.25) is 0 Å². The van der Waals surface area contributed by atoms with Crippen LogP contribution in [0.3, 0.4) is 0 Å². The van der Waals surface area contributed by atoms with Crippen molar-refractivity contribution in [1.29, 1.82) is 0 Å². The van der Waals surface area contributed by atoms with Gasteiger partial charge in [0.25, 0.3) is 0 Å². The number of phosphoric ester groups is 2. The maximum atomic E-state index is 11.9. The highest BCUT2D eigenvalue weighted by atomic mass is 31.3. The van der Waals surface area contributed by atoms with E-state index in [-0.39, 0.29) is 32.5 Å². The number of aliphatic carboxylic acids is 1. The molecule has 0 aliphatic heterocycles. The minimum Gasteiger partial charge on any atom is -0.550 e. The largest absolute Gasteiger partial charge is 0.550 e. The first-order valence-electron chi connectivity index (χ1n) is 10.6. The number of hydrogen-bond donors (Lipinski definition) is 4. The molecule has 0 rings (SSSR count). The fraction of sp³-hybridized carbons (Fsp3) is 0.750. The first-order chi connectivity index (χ1) is 15.0. The molecule has 0 radical (unpaired) electrons. The summed E-state index contributed by atoms with van der Waals surface area (Å²) in [6.07, 6.45) is 4.05. The Morgan fingerprint density at radius 1 is 1.09 bits per heavy atom. The lowest BCUT2D eigenvalue weighted by Gasteiger charge is -2.26. The summed E-state index contributed by atoms with van der Waals surface area (Å²) in [4.78, 5) is 29.8. The molecule has 33 heavy (non-hydrogen) atoms. The number of phosphoric acid groups is 2. The van der Waals surface area contributed by atoms with Gasteiger partial charge in [-0.15, -0.1) is 0 Å². The van der Waals surface area contributed by atoms with E-state index in [2.05, 4.69) is 19.4 Å². The highest BCUT2D eigenvalue weighted by Crippen LogP contribution is 2.60. The molecular weight excluding hydrogens is 478 g/mol. The van der Waals surface area contributed by atoms with Crippen LogP contribution >= 0.6 is 15.6 Å². The molecule has 13 heteroatoms. The number of aliphatic hydroxyl groups is 2. The van der Waals surface area contributed by atoms with E-state index >= 15 is 0 Å². The van der Waals surface area contributed by atoms with Gasteiger partial charge in [0.15, 0.2) is 0 Å². The zero-order valence-electron chi connectivity index (χ0n) is 19.6. The highest BCUT2D eigenvalue weighted by molar-refractivity contribution is 7.61. The van der Waals surface area contributed by atoms with E-state index in [4.69, 9.17) is 0 Å². The molecule has 0 spiro atoms. The Balaban J connectivity index is 4.27. The molecule has 0 saturated carbocycles. The summed E-state index contributed by atoms with van der Waals surface area (Å²) in [5.74, 6) is -1.44. The summed E-state index contributed by atoms with van der Waals surface area (Å²) in [6.45, 7) is 6.47. The Hall–Kier alpha value is -0.870. The van der Waals surface area contributed by atoms with E-state index in [1.54, 1.807) is 6.08 Å². The third kappa shape index (κ3) is 19.2. The summed E-state index contributed by atoms with van der Waals surface area (Å²) < 4.78 is 37.3. The fourth-order valence-corrected chi connectivity index (χ4v) is 4.84. The molecular formula is C20H37O11P2-. The van der Waals surface area contributed by atoms with Crippen LogP contribution in [0.1, 0.15) is 72.6 Å². The lowest BCUT2D eigenvalue weighted by atomic mass is 9.93. The Labute approximate surface area is 195 Å². The predicted octanol–water partition coefficient (Wildman–Crippen LogP) is 2.74. The number of carbonyl (C=O) groups excluding carboxylic acids is 1. The number of carboxylic acids is 1. The number of rotatable bonds is 18. The molecule has 194 valence electrons. The molecule has 0 aliphatic rings. The lowest BCUT2D eigenvalue weighted by Crippen LogP contribution is -2.37. The number of hydrogen-bond acceptors (Lipinski definition) is 9. The summed E-state index contributed by atoms with van der Waals surface area (Å²) in [6, 6.07) is 0. The second-order valence-corrected chi connectivity index (χ2v) is 11.5. The zero-order valence-corrected chi connectivity index (χ0v) is 21.4. The summed E-state index contributed by atoms with van der Waals surface area (Å²) >= 11 is 0. The van der Waals surface area contributed by atoms with E-state index in [0.29, 0.717) is 6.42 Å². The molecule has 4 atom stereocenters. The van der Waals surface area contributed by atoms with Gasteiger partial charge >= 0.3 is 15.6 Å². The highest BCUT2D eigenvalue weighted by Gasteiger charge is 2.35. The molecule has 0 heterocycles. The number of carbonyl (C=O) groups is 1. The normalized spacial score (nSPS) is 18.6. The van der Waals surface area contributed by atoms with Gasteiger partial charge < -0.3 is 29.9 Å². The van der Waals surface area contributed by atoms with Gasteiger partial charge in [-0.1, -0.05) is 23.3 Å². The van der Waals surface area contributed by atoms with Gasteiger partial charge in [0.1, 0.15) is 0 Å². The van der Waals surface area contributed by atoms with Crippen molar-refractivity contribution in [3.8, 4) is 0 Å². The first-order valence-corrected chi connectivity index (χ1v) is 13.6. The van der Waals surface area contributed by atoms with Crippen LogP contribution in [0.4, 0.5) is 0 Å². The van der Waals surface area contributed by atoms with Gasteiger partial charge in [0, 0.05) is 18.8 Å². The second-order valence-electron chi connectivity index (χ2n) is 8.42. The molecule has 4 unspecified atom stereocenters. The third-order valence-electron chi connectivity index (χ3n) is 4.35. The minimum atomic E-state index is -4.86. The van der Waals surface area contributed by atoms with E-state index < -0.39 is 39.7 Å². The minimum absolute atomic E-state index is 0.171. The van der Waals surface area contributed by atoms with Gasteiger partial charge in [-0.25, -0.2) is 9.13 Å². The average molecular weight is 515 g/mol. The Morgan fingerprint density at radius 3 is 2.27 bits per heavy atom. The van der Waals surface area contributed by atoms with Crippen LogP contribution in [0.15, 0.2) is 23.3 Å². The maximum Gasteiger partial charge on any atom is 0.481 e. The smallest absolute Gasteiger partial charge is 0.481 e. The number of allylic oxidation sites excluding steroid dienone is 3. The average Bonchev–Trinajstić information content (AvgIpc) is 2.57. The molecule has 11 nitrogen and oxygen atoms in total. The fourth-order valence-electron chi connectivity index (χ4n) is 2.80. The quantitative estimate of drug-likeness (QED) is 0.120. The van der Waals surface area contributed by atoms with E-state index in [1.165, 1.54) is 12.5 Å². The van der Waals surface area contributed by atoms with Crippen LogP contribution in [-0.4, -0.2) is 50.9 Å². The molecule has 0 bridgehead atoms. The zero-order chi connectivity index (χ0) is 25.7. The molecule has 0 saturated heterocycles. The molecule has 0 aromatic carbocycles. The van der Waals surface area contributed by atoms with Crippen molar-refractivity contribution in [3.05, 3.63) is 23.3 Å². The number of unbranched alkanes of at least 4 members (excludes halogenated alkanes) is 1. The van der Waals surface area contributed by atoms with Crippen molar-refractivity contribution in [2.24, 2.45) is 0 Å². The van der Waals surface area contributed by atoms with Crippen molar-refractivity contribution < 1.29 is 52.4 Å². The molecule has 4 N–H and O–H groups in total. The third-order valence-corrected chi connectivity index (χ3v) is 6.99.